The Morgan fingerprint density at radius 1 is 1.31 bits per heavy atom. The van der Waals surface area contributed by atoms with E-state index in [-0.39, 0.29) is 18.1 Å². The predicted octanol–water partition coefficient (Wildman–Crippen LogP) is -0.114. The third-order valence-corrected chi connectivity index (χ3v) is 6.85. The number of likely N-dealkylation sites (N-methyl/N-ethyl adjacent to an activating group) is 1. The number of pyridine rings is 1. The molecule has 0 bridgehead atoms. The summed E-state index contributed by atoms with van der Waals surface area (Å²) in [5, 5.41) is 11.4. The largest absolute Gasteiger partial charge is 0.376 e. The molecule has 2 saturated heterocycles. The van der Waals surface area contributed by atoms with Crippen molar-refractivity contribution in [3.05, 3.63) is 29.7 Å². The molecule has 0 spiro atoms. The van der Waals surface area contributed by atoms with E-state index in [0.29, 0.717) is 43.2 Å². The van der Waals surface area contributed by atoms with Gasteiger partial charge in [-0.15, -0.1) is 10.2 Å². The summed E-state index contributed by atoms with van der Waals surface area (Å²) in [5.74, 6) is 0.432. The fourth-order valence-electron chi connectivity index (χ4n) is 3.81. The summed E-state index contributed by atoms with van der Waals surface area (Å²) in [5.41, 5.74) is 1.11. The van der Waals surface area contributed by atoms with Crippen molar-refractivity contribution in [2.75, 3.05) is 46.1 Å². The van der Waals surface area contributed by atoms with E-state index in [1.165, 1.54) is 10.6 Å². The zero-order valence-corrected chi connectivity index (χ0v) is 17.4. The van der Waals surface area contributed by atoms with Crippen molar-refractivity contribution in [1.29, 1.82) is 0 Å². The Morgan fingerprint density at radius 3 is 2.86 bits per heavy atom. The first-order chi connectivity index (χ1) is 13.8. The summed E-state index contributed by atoms with van der Waals surface area (Å²) in [4.78, 5) is 14.6. The van der Waals surface area contributed by atoms with E-state index in [1.54, 1.807) is 22.7 Å². The summed E-state index contributed by atoms with van der Waals surface area (Å²) in [6.07, 6.45) is 4.98. The number of nitrogens with one attached hydrogen (secondary N) is 1. The minimum Gasteiger partial charge on any atom is -0.376 e. The van der Waals surface area contributed by atoms with Crippen molar-refractivity contribution in [1.82, 2.24) is 29.1 Å². The second kappa shape index (κ2) is 7.98. The molecule has 2 atom stereocenters. The highest BCUT2D eigenvalue weighted by atomic mass is 32.2. The number of piperazine rings is 1. The van der Waals surface area contributed by atoms with Crippen molar-refractivity contribution < 1.29 is 17.9 Å². The molecule has 2 unspecified atom stereocenters. The lowest BCUT2D eigenvalue weighted by molar-refractivity contribution is 0.0857. The molecule has 158 valence electrons. The van der Waals surface area contributed by atoms with Gasteiger partial charge in [-0.05, 0) is 32.0 Å². The number of hydrogen-bond donors (Lipinski definition) is 1. The molecule has 2 aromatic rings. The molecular weight excluding hydrogens is 396 g/mol. The maximum atomic E-state index is 12.6. The maximum absolute atomic E-state index is 12.6. The monoisotopic (exact) mass is 422 g/mol. The summed E-state index contributed by atoms with van der Waals surface area (Å²) in [7, 11) is -1.36. The lowest BCUT2D eigenvalue weighted by Gasteiger charge is -2.37. The van der Waals surface area contributed by atoms with Gasteiger partial charge in [-0.1, -0.05) is 0 Å². The predicted molar refractivity (Wildman–Crippen MR) is 106 cm³/mol. The fourth-order valence-corrected chi connectivity index (χ4v) is 4.64. The highest BCUT2D eigenvalue weighted by Crippen LogP contribution is 2.24. The molecule has 0 radical (unpaired) electrons. The van der Waals surface area contributed by atoms with Crippen LogP contribution >= 0.6 is 0 Å². The number of fused-ring (bicyclic) bond motifs is 1. The van der Waals surface area contributed by atoms with Crippen LogP contribution in [-0.4, -0.2) is 90.3 Å². The topological polar surface area (TPSA) is 109 Å². The first-order valence-electron chi connectivity index (χ1n) is 9.73. The summed E-state index contributed by atoms with van der Waals surface area (Å²) >= 11 is 0. The third-order valence-electron chi connectivity index (χ3n) is 5.58. The van der Waals surface area contributed by atoms with Crippen molar-refractivity contribution in [2.45, 2.75) is 25.0 Å². The van der Waals surface area contributed by atoms with Crippen LogP contribution in [0.5, 0.6) is 0 Å². The van der Waals surface area contributed by atoms with E-state index in [2.05, 4.69) is 20.4 Å². The second-order valence-electron chi connectivity index (χ2n) is 7.67. The van der Waals surface area contributed by atoms with Gasteiger partial charge in [-0.3, -0.25) is 14.1 Å². The SMILES string of the molecule is CN1CCN(S(C)(=O)=O)CC1c1nnc2ccc(C(=O)NCC3CCCO3)cn12. The van der Waals surface area contributed by atoms with Crippen LogP contribution in [0.25, 0.3) is 5.65 Å². The molecule has 4 heterocycles. The molecule has 29 heavy (non-hydrogen) atoms. The Bertz CT molecular complexity index is 1000. The molecule has 2 aromatic heterocycles. The number of carbonyl (C=O) groups is 1. The Hall–Kier alpha value is -2.08. The zero-order valence-electron chi connectivity index (χ0n) is 16.6. The number of amides is 1. The Labute approximate surface area is 169 Å². The van der Waals surface area contributed by atoms with Crippen LogP contribution in [0.4, 0.5) is 0 Å². The number of rotatable bonds is 5. The quantitative estimate of drug-likeness (QED) is 0.716. The van der Waals surface area contributed by atoms with Gasteiger partial charge in [0, 0.05) is 39.0 Å². The molecule has 0 saturated carbocycles. The van der Waals surface area contributed by atoms with E-state index in [9.17, 15) is 13.2 Å². The van der Waals surface area contributed by atoms with Crippen LogP contribution in [0.15, 0.2) is 18.3 Å². The molecule has 0 aliphatic carbocycles. The number of hydrogen-bond acceptors (Lipinski definition) is 7. The smallest absolute Gasteiger partial charge is 0.252 e. The van der Waals surface area contributed by atoms with Gasteiger partial charge in [0.05, 0.1) is 24.0 Å². The van der Waals surface area contributed by atoms with Crippen LogP contribution in [-0.2, 0) is 14.8 Å². The Kier molecular flexibility index (Phi) is 5.56. The maximum Gasteiger partial charge on any atom is 0.252 e. The van der Waals surface area contributed by atoms with Gasteiger partial charge in [0.15, 0.2) is 11.5 Å². The van der Waals surface area contributed by atoms with E-state index in [0.717, 1.165) is 19.4 Å². The minimum atomic E-state index is -3.29. The van der Waals surface area contributed by atoms with Crippen molar-refractivity contribution in [3.8, 4) is 0 Å². The van der Waals surface area contributed by atoms with Gasteiger partial charge in [-0.25, -0.2) is 8.42 Å². The molecular formula is C18H26N6O4S. The minimum absolute atomic E-state index is 0.0750. The molecule has 2 fully saturated rings. The summed E-state index contributed by atoms with van der Waals surface area (Å²) in [6.45, 7) is 2.57. The molecule has 0 aromatic carbocycles. The number of carbonyl (C=O) groups excluding carboxylic acids is 1. The summed E-state index contributed by atoms with van der Waals surface area (Å²) in [6, 6.07) is 3.21. The molecule has 1 N–H and O–H groups in total. The highest BCUT2D eigenvalue weighted by molar-refractivity contribution is 7.88. The van der Waals surface area contributed by atoms with Gasteiger partial charge >= 0.3 is 0 Å². The molecule has 11 heteroatoms. The number of sulfonamides is 1. The molecule has 2 aliphatic rings. The molecule has 1 amide bonds. The van der Waals surface area contributed by atoms with Crippen molar-refractivity contribution in [3.63, 3.8) is 0 Å². The highest BCUT2D eigenvalue weighted by Gasteiger charge is 2.33. The van der Waals surface area contributed by atoms with E-state index in [1.807, 2.05) is 7.05 Å². The average Bonchev–Trinajstić information content (AvgIpc) is 3.35. The standard InChI is InChI=1S/C18H26N6O4S/c1-22-7-8-23(29(2,26)27)12-15(22)17-21-20-16-6-5-13(11-24(16)17)18(25)19-10-14-4-3-9-28-14/h5-6,11,14-15H,3-4,7-10,12H2,1-2H3,(H,19,25). The van der Waals surface area contributed by atoms with Gasteiger partial charge in [0.2, 0.25) is 10.0 Å². The first kappa shape index (κ1) is 20.2. The second-order valence-corrected chi connectivity index (χ2v) is 9.65. The van der Waals surface area contributed by atoms with Crippen LogP contribution in [0.2, 0.25) is 0 Å². The average molecular weight is 423 g/mol. The lowest BCUT2D eigenvalue weighted by Crippen LogP contribution is -2.49. The normalized spacial score (nSPS) is 24.2. The van der Waals surface area contributed by atoms with Gasteiger partial charge in [-0.2, -0.15) is 4.31 Å². The number of aromatic nitrogens is 3. The van der Waals surface area contributed by atoms with Crippen LogP contribution in [0, 0.1) is 0 Å². The third kappa shape index (κ3) is 4.27. The summed E-state index contributed by atoms with van der Waals surface area (Å²) < 4.78 is 32.8. The fraction of sp³-hybridized carbons (Fsp3) is 0.611. The number of ether oxygens (including phenoxy) is 1. The zero-order chi connectivity index (χ0) is 20.6. The van der Waals surface area contributed by atoms with E-state index in [4.69, 9.17) is 4.74 Å². The van der Waals surface area contributed by atoms with Crippen molar-refractivity contribution in [2.24, 2.45) is 0 Å². The Morgan fingerprint density at radius 2 is 2.14 bits per heavy atom. The first-order valence-corrected chi connectivity index (χ1v) is 11.6. The van der Waals surface area contributed by atoms with Crippen LogP contribution in [0.3, 0.4) is 0 Å². The lowest BCUT2D eigenvalue weighted by atomic mass is 10.2. The van der Waals surface area contributed by atoms with Gasteiger partial charge < -0.3 is 10.1 Å². The molecule has 2 aliphatic heterocycles. The Balaban J connectivity index is 1.57. The van der Waals surface area contributed by atoms with E-state index >= 15 is 0 Å². The number of nitrogens with zero attached hydrogens (tertiary/aromatic N) is 5. The van der Waals surface area contributed by atoms with E-state index < -0.39 is 10.0 Å². The van der Waals surface area contributed by atoms with Crippen molar-refractivity contribution >= 4 is 21.6 Å². The molecule has 10 nitrogen and oxygen atoms in total. The molecule has 4 rings (SSSR count). The van der Waals surface area contributed by atoms with Gasteiger partial charge in [0.25, 0.3) is 5.91 Å². The van der Waals surface area contributed by atoms with Gasteiger partial charge in [0.1, 0.15) is 0 Å². The van der Waals surface area contributed by atoms with Crippen LogP contribution in [0.1, 0.15) is 35.1 Å². The van der Waals surface area contributed by atoms with Crippen LogP contribution < -0.4 is 5.32 Å².